The quantitative estimate of drug-likeness (QED) is 0.889. The summed E-state index contributed by atoms with van der Waals surface area (Å²) in [6.45, 7) is 0. The van der Waals surface area contributed by atoms with E-state index in [2.05, 4.69) is 45.5 Å². The van der Waals surface area contributed by atoms with Crippen molar-refractivity contribution in [1.82, 2.24) is 5.32 Å². The zero-order chi connectivity index (χ0) is 13.2. The fourth-order valence-electron chi connectivity index (χ4n) is 2.66. The molecule has 1 saturated carbocycles. The summed E-state index contributed by atoms with van der Waals surface area (Å²) in [5, 5.41) is 3.31. The van der Waals surface area contributed by atoms with Crippen LogP contribution in [0.5, 0.6) is 0 Å². The van der Waals surface area contributed by atoms with E-state index in [0.29, 0.717) is 0 Å². The highest BCUT2D eigenvalue weighted by molar-refractivity contribution is 9.10. The van der Waals surface area contributed by atoms with E-state index in [1.807, 2.05) is 19.2 Å². The van der Waals surface area contributed by atoms with E-state index in [9.17, 15) is 0 Å². The zero-order valence-electron chi connectivity index (χ0n) is 11.0. The van der Waals surface area contributed by atoms with E-state index in [4.69, 9.17) is 4.42 Å². The minimum atomic E-state index is 0.113. The van der Waals surface area contributed by atoms with Crippen molar-refractivity contribution in [2.75, 3.05) is 7.05 Å². The molecule has 3 rings (SSSR count). The first-order valence-corrected chi connectivity index (χ1v) is 7.59. The minimum Gasteiger partial charge on any atom is -0.452 e. The number of furan rings is 1. The first kappa shape index (κ1) is 12.9. The summed E-state index contributed by atoms with van der Waals surface area (Å²) in [5.74, 6) is 1.73. The SMILES string of the molecule is CNC(c1ccc(C2CCC2)cc1)c1ccc(Br)o1. The minimum absolute atomic E-state index is 0.113. The lowest BCUT2D eigenvalue weighted by Crippen LogP contribution is -2.17. The summed E-state index contributed by atoms with van der Waals surface area (Å²) in [4.78, 5) is 0. The van der Waals surface area contributed by atoms with Crippen LogP contribution in [0.1, 0.15) is 48.1 Å². The molecular weight excluding hydrogens is 302 g/mol. The highest BCUT2D eigenvalue weighted by atomic mass is 79.9. The highest BCUT2D eigenvalue weighted by Crippen LogP contribution is 2.37. The second-order valence-corrected chi connectivity index (χ2v) is 5.94. The Labute approximate surface area is 122 Å². The maximum Gasteiger partial charge on any atom is 0.169 e. The van der Waals surface area contributed by atoms with E-state index in [0.717, 1.165) is 16.3 Å². The van der Waals surface area contributed by atoms with Crippen molar-refractivity contribution in [3.8, 4) is 0 Å². The number of benzene rings is 1. The van der Waals surface area contributed by atoms with Crippen LogP contribution in [0.2, 0.25) is 0 Å². The first-order chi connectivity index (χ1) is 9.28. The monoisotopic (exact) mass is 319 g/mol. The van der Waals surface area contributed by atoms with Gasteiger partial charge in [0.15, 0.2) is 4.67 Å². The van der Waals surface area contributed by atoms with Gasteiger partial charge in [0.1, 0.15) is 5.76 Å². The topological polar surface area (TPSA) is 25.2 Å². The van der Waals surface area contributed by atoms with E-state index in [1.54, 1.807) is 0 Å². The van der Waals surface area contributed by atoms with Crippen LogP contribution >= 0.6 is 15.9 Å². The molecule has 2 aromatic rings. The number of halogens is 1. The Kier molecular flexibility index (Phi) is 3.76. The Morgan fingerprint density at radius 2 is 1.89 bits per heavy atom. The van der Waals surface area contributed by atoms with Gasteiger partial charge in [0.25, 0.3) is 0 Å². The Morgan fingerprint density at radius 1 is 1.16 bits per heavy atom. The van der Waals surface area contributed by atoms with Crippen molar-refractivity contribution in [3.63, 3.8) is 0 Å². The van der Waals surface area contributed by atoms with Gasteiger partial charge in [-0.15, -0.1) is 0 Å². The Morgan fingerprint density at radius 3 is 2.37 bits per heavy atom. The Bertz CT molecular complexity index is 542. The normalized spacial score (nSPS) is 17.2. The van der Waals surface area contributed by atoms with Crippen LogP contribution in [-0.2, 0) is 0 Å². The van der Waals surface area contributed by atoms with E-state index >= 15 is 0 Å². The van der Waals surface area contributed by atoms with Gasteiger partial charge < -0.3 is 9.73 Å². The van der Waals surface area contributed by atoms with Crippen molar-refractivity contribution in [1.29, 1.82) is 0 Å². The molecule has 1 unspecified atom stereocenters. The second-order valence-electron chi connectivity index (χ2n) is 5.16. The van der Waals surface area contributed by atoms with E-state index in [1.165, 1.54) is 30.4 Å². The molecule has 2 nitrogen and oxygen atoms in total. The predicted molar refractivity (Wildman–Crippen MR) is 80.3 cm³/mol. The van der Waals surface area contributed by atoms with Gasteiger partial charge in [-0.25, -0.2) is 0 Å². The van der Waals surface area contributed by atoms with Gasteiger partial charge in [0.05, 0.1) is 6.04 Å². The third-order valence-corrected chi connectivity index (χ3v) is 4.44. The maximum absolute atomic E-state index is 5.66. The van der Waals surface area contributed by atoms with Crippen LogP contribution in [0.25, 0.3) is 0 Å². The third-order valence-electron chi connectivity index (χ3n) is 4.01. The first-order valence-electron chi connectivity index (χ1n) is 6.80. The zero-order valence-corrected chi connectivity index (χ0v) is 12.6. The molecule has 1 aromatic heterocycles. The molecule has 100 valence electrons. The maximum atomic E-state index is 5.66. The predicted octanol–water partition coefficient (Wildman–Crippen LogP) is 4.62. The molecule has 0 bridgehead atoms. The molecule has 1 fully saturated rings. The molecule has 3 heteroatoms. The average Bonchev–Trinajstić information content (AvgIpc) is 2.77. The van der Waals surface area contributed by atoms with Crippen LogP contribution in [-0.4, -0.2) is 7.05 Å². The molecule has 1 N–H and O–H groups in total. The van der Waals surface area contributed by atoms with Crippen LogP contribution < -0.4 is 5.32 Å². The van der Waals surface area contributed by atoms with Crippen molar-refractivity contribution < 1.29 is 4.42 Å². The molecule has 1 aromatic carbocycles. The van der Waals surface area contributed by atoms with Crippen LogP contribution in [0, 0.1) is 0 Å². The summed E-state index contributed by atoms with van der Waals surface area (Å²) in [5.41, 5.74) is 2.72. The summed E-state index contributed by atoms with van der Waals surface area (Å²) in [7, 11) is 1.96. The highest BCUT2D eigenvalue weighted by Gasteiger charge is 2.20. The van der Waals surface area contributed by atoms with Crippen molar-refractivity contribution in [3.05, 3.63) is 58.0 Å². The smallest absolute Gasteiger partial charge is 0.169 e. The molecule has 1 heterocycles. The number of nitrogens with one attached hydrogen (secondary N) is 1. The van der Waals surface area contributed by atoms with Crippen molar-refractivity contribution >= 4 is 15.9 Å². The fourth-order valence-corrected chi connectivity index (χ4v) is 2.98. The van der Waals surface area contributed by atoms with Crippen molar-refractivity contribution in [2.45, 2.75) is 31.2 Å². The van der Waals surface area contributed by atoms with Gasteiger partial charge >= 0.3 is 0 Å². The van der Waals surface area contributed by atoms with Gasteiger partial charge in [0, 0.05) is 0 Å². The summed E-state index contributed by atoms with van der Waals surface area (Å²) >= 11 is 3.36. The molecule has 0 amide bonds. The second kappa shape index (κ2) is 5.51. The van der Waals surface area contributed by atoms with Gasteiger partial charge in [-0.1, -0.05) is 30.7 Å². The lowest BCUT2D eigenvalue weighted by atomic mass is 9.80. The number of hydrogen-bond acceptors (Lipinski definition) is 2. The summed E-state index contributed by atoms with van der Waals surface area (Å²) in [6.07, 6.45) is 4.08. The lowest BCUT2D eigenvalue weighted by molar-refractivity contribution is 0.419. The Hall–Kier alpha value is -1.06. The molecule has 1 aliphatic carbocycles. The van der Waals surface area contributed by atoms with Gasteiger partial charge in [-0.2, -0.15) is 0 Å². The fraction of sp³-hybridized carbons (Fsp3) is 0.375. The molecule has 1 aliphatic rings. The third kappa shape index (κ3) is 2.63. The molecule has 19 heavy (non-hydrogen) atoms. The van der Waals surface area contributed by atoms with Crippen LogP contribution in [0.3, 0.4) is 0 Å². The van der Waals surface area contributed by atoms with E-state index in [-0.39, 0.29) is 6.04 Å². The molecule has 0 spiro atoms. The number of rotatable bonds is 4. The van der Waals surface area contributed by atoms with Gasteiger partial charge in [-0.3, -0.25) is 0 Å². The Balaban J connectivity index is 1.83. The lowest BCUT2D eigenvalue weighted by Gasteiger charge is -2.26. The molecule has 1 atom stereocenters. The molecule has 0 radical (unpaired) electrons. The average molecular weight is 320 g/mol. The molecule has 0 saturated heterocycles. The van der Waals surface area contributed by atoms with Gasteiger partial charge in [0.2, 0.25) is 0 Å². The molecular formula is C16H18BrNO. The van der Waals surface area contributed by atoms with Crippen LogP contribution in [0.4, 0.5) is 0 Å². The standard InChI is InChI=1S/C16H18BrNO/c1-18-16(14-9-10-15(17)19-14)13-7-5-12(6-8-13)11-3-2-4-11/h5-11,16,18H,2-4H2,1H3. The summed E-state index contributed by atoms with van der Waals surface area (Å²) < 4.78 is 6.43. The van der Waals surface area contributed by atoms with Gasteiger partial charge in [-0.05, 0) is 65.0 Å². The van der Waals surface area contributed by atoms with Crippen molar-refractivity contribution in [2.24, 2.45) is 0 Å². The summed E-state index contributed by atoms with van der Waals surface area (Å²) in [6, 6.07) is 13.0. The number of hydrogen-bond donors (Lipinski definition) is 1. The largest absolute Gasteiger partial charge is 0.452 e. The van der Waals surface area contributed by atoms with Crippen LogP contribution in [0.15, 0.2) is 45.5 Å². The molecule has 0 aliphatic heterocycles. The van der Waals surface area contributed by atoms with E-state index < -0.39 is 0 Å².